The van der Waals surface area contributed by atoms with Crippen molar-refractivity contribution in [3.63, 3.8) is 0 Å². The summed E-state index contributed by atoms with van der Waals surface area (Å²) in [5, 5.41) is 0. The molecule has 5 heteroatoms. The lowest BCUT2D eigenvalue weighted by Gasteiger charge is -2.16. The van der Waals surface area contributed by atoms with Gasteiger partial charge in [0.1, 0.15) is 0 Å². The van der Waals surface area contributed by atoms with Gasteiger partial charge in [0, 0.05) is 11.8 Å². The van der Waals surface area contributed by atoms with Crippen LogP contribution in [0.4, 0.5) is 10.1 Å². The van der Waals surface area contributed by atoms with Crippen LogP contribution in [0.25, 0.3) is 0 Å². The van der Waals surface area contributed by atoms with E-state index >= 15 is 0 Å². The van der Waals surface area contributed by atoms with E-state index in [4.69, 9.17) is 15.2 Å². The molecule has 1 aromatic rings. The Balaban J connectivity index is 2.77. The number of hydrogen-bond donors (Lipinski definition) is 1. The predicted octanol–water partition coefficient (Wildman–Crippen LogP) is 2.13. The minimum Gasteiger partial charge on any atom is -0.476 e. The Morgan fingerprint density at radius 1 is 1.47 bits per heavy atom. The minimum absolute atomic E-state index is 0.000830. The average molecular weight is 241 g/mol. The Bertz CT molecular complexity index is 395. The van der Waals surface area contributed by atoms with Crippen LogP contribution in [0.5, 0.6) is 5.75 Å². The molecule has 1 rings (SSSR count). The summed E-state index contributed by atoms with van der Waals surface area (Å²) in [6.07, 6.45) is -0.393. The van der Waals surface area contributed by atoms with Gasteiger partial charge in [0.05, 0.1) is 6.61 Å². The number of rotatable bonds is 5. The number of anilines is 1. The van der Waals surface area contributed by atoms with Crippen LogP contribution in [0.1, 0.15) is 20.3 Å². The Morgan fingerprint density at radius 3 is 2.71 bits per heavy atom. The van der Waals surface area contributed by atoms with Gasteiger partial charge in [0.25, 0.3) is 0 Å². The monoisotopic (exact) mass is 241 g/mol. The van der Waals surface area contributed by atoms with Crippen molar-refractivity contribution in [2.24, 2.45) is 0 Å². The Morgan fingerprint density at radius 2 is 2.18 bits per heavy atom. The largest absolute Gasteiger partial charge is 0.476 e. The SMILES string of the molecule is CCOC(=O)C(CC)Oc1ccc(N)cc1F. The zero-order valence-electron chi connectivity index (χ0n) is 9.90. The minimum atomic E-state index is -0.798. The fourth-order valence-corrected chi connectivity index (χ4v) is 1.30. The Hall–Kier alpha value is -1.78. The fraction of sp³-hybridized carbons (Fsp3) is 0.417. The van der Waals surface area contributed by atoms with Crippen LogP contribution in [0, 0.1) is 5.82 Å². The van der Waals surface area contributed by atoms with Crippen molar-refractivity contribution < 1.29 is 18.7 Å². The van der Waals surface area contributed by atoms with Gasteiger partial charge in [-0.2, -0.15) is 0 Å². The van der Waals surface area contributed by atoms with E-state index in [0.29, 0.717) is 12.1 Å². The van der Waals surface area contributed by atoms with E-state index in [2.05, 4.69) is 0 Å². The van der Waals surface area contributed by atoms with Crippen LogP contribution in [-0.4, -0.2) is 18.7 Å². The van der Waals surface area contributed by atoms with Gasteiger partial charge in [-0.25, -0.2) is 9.18 Å². The molecule has 0 radical (unpaired) electrons. The molecule has 0 saturated carbocycles. The molecular weight excluding hydrogens is 225 g/mol. The summed E-state index contributed by atoms with van der Waals surface area (Å²) >= 11 is 0. The molecule has 0 spiro atoms. The summed E-state index contributed by atoms with van der Waals surface area (Å²) in [7, 11) is 0. The van der Waals surface area contributed by atoms with Gasteiger partial charge in [0.2, 0.25) is 0 Å². The number of carbonyl (C=O) groups excluding carboxylic acids is 1. The summed E-state index contributed by atoms with van der Waals surface area (Å²) < 4.78 is 23.5. The second-order valence-electron chi connectivity index (χ2n) is 3.46. The molecule has 0 amide bonds. The summed E-state index contributed by atoms with van der Waals surface area (Å²) in [6.45, 7) is 3.73. The number of hydrogen-bond acceptors (Lipinski definition) is 4. The van der Waals surface area contributed by atoms with E-state index in [9.17, 15) is 9.18 Å². The van der Waals surface area contributed by atoms with Gasteiger partial charge >= 0.3 is 5.97 Å². The number of esters is 1. The van der Waals surface area contributed by atoms with E-state index in [1.54, 1.807) is 13.8 Å². The molecule has 4 nitrogen and oxygen atoms in total. The van der Waals surface area contributed by atoms with E-state index in [0.717, 1.165) is 6.07 Å². The second kappa shape index (κ2) is 6.08. The fourth-order valence-electron chi connectivity index (χ4n) is 1.30. The first kappa shape index (κ1) is 13.3. The molecule has 0 aliphatic rings. The molecule has 0 fully saturated rings. The van der Waals surface area contributed by atoms with E-state index in [1.165, 1.54) is 12.1 Å². The molecule has 1 unspecified atom stereocenters. The van der Waals surface area contributed by atoms with Crippen molar-refractivity contribution in [2.45, 2.75) is 26.4 Å². The molecule has 0 aromatic heterocycles. The highest BCUT2D eigenvalue weighted by Gasteiger charge is 2.20. The third kappa shape index (κ3) is 3.62. The molecule has 17 heavy (non-hydrogen) atoms. The van der Waals surface area contributed by atoms with Crippen LogP contribution in [0.2, 0.25) is 0 Å². The standard InChI is InChI=1S/C12H16FNO3/c1-3-10(12(15)16-4-2)17-11-6-5-8(14)7-9(11)13/h5-7,10H,3-4,14H2,1-2H3. The Kier molecular flexibility index (Phi) is 4.75. The van der Waals surface area contributed by atoms with E-state index in [1.807, 2.05) is 0 Å². The molecule has 1 atom stereocenters. The number of nitrogens with two attached hydrogens (primary N) is 1. The third-order valence-electron chi connectivity index (χ3n) is 2.15. The molecule has 2 N–H and O–H groups in total. The van der Waals surface area contributed by atoms with Gasteiger partial charge in [-0.15, -0.1) is 0 Å². The highest BCUT2D eigenvalue weighted by atomic mass is 19.1. The van der Waals surface area contributed by atoms with Crippen molar-refractivity contribution in [1.29, 1.82) is 0 Å². The molecule has 1 aromatic carbocycles. The van der Waals surface area contributed by atoms with Gasteiger partial charge in [0.15, 0.2) is 17.7 Å². The molecular formula is C12H16FNO3. The zero-order chi connectivity index (χ0) is 12.8. The van der Waals surface area contributed by atoms with Gasteiger partial charge in [-0.1, -0.05) is 6.92 Å². The number of ether oxygens (including phenoxy) is 2. The zero-order valence-corrected chi connectivity index (χ0v) is 9.90. The summed E-state index contributed by atoms with van der Waals surface area (Å²) in [5.74, 6) is -1.09. The molecule has 0 aliphatic heterocycles. The maximum atomic E-state index is 13.4. The van der Waals surface area contributed by atoms with Crippen molar-refractivity contribution >= 4 is 11.7 Å². The lowest BCUT2D eigenvalue weighted by atomic mass is 10.2. The van der Waals surface area contributed by atoms with Crippen molar-refractivity contribution in [3.8, 4) is 5.75 Å². The van der Waals surface area contributed by atoms with E-state index < -0.39 is 17.9 Å². The molecule has 94 valence electrons. The number of benzene rings is 1. The Labute approximate surface area is 99.5 Å². The highest BCUT2D eigenvalue weighted by molar-refractivity contribution is 5.75. The molecule has 0 bridgehead atoms. The third-order valence-corrected chi connectivity index (χ3v) is 2.15. The first-order chi connectivity index (χ1) is 8.08. The lowest BCUT2D eigenvalue weighted by molar-refractivity contribution is -0.151. The van der Waals surface area contributed by atoms with Crippen LogP contribution < -0.4 is 10.5 Å². The average Bonchev–Trinajstić information content (AvgIpc) is 2.28. The maximum Gasteiger partial charge on any atom is 0.347 e. The summed E-state index contributed by atoms with van der Waals surface area (Å²) in [6, 6.07) is 4.05. The van der Waals surface area contributed by atoms with Gasteiger partial charge < -0.3 is 15.2 Å². The number of carbonyl (C=O) groups is 1. The first-order valence-electron chi connectivity index (χ1n) is 5.46. The van der Waals surface area contributed by atoms with Crippen LogP contribution in [0.15, 0.2) is 18.2 Å². The van der Waals surface area contributed by atoms with Crippen molar-refractivity contribution in [2.75, 3.05) is 12.3 Å². The molecule has 0 aliphatic carbocycles. The first-order valence-corrected chi connectivity index (χ1v) is 5.46. The van der Waals surface area contributed by atoms with Crippen LogP contribution in [-0.2, 0) is 9.53 Å². The predicted molar refractivity (Wildman–Crippen MR) is 62.2 cm³/mol. The summed E-state index contributed by atoms with van der Waals surface area (Å²) in [4.78, 5) is 11.5. The topological polar surface area (TPSA) is 61.5 Å². The highest BCUT2D eigenvalue weighted by Crippen LogP contribution is 2.21. The quantitative estimate of drug-likeness (QED) is 0.633. The maximum absolute atomic E-state index is 13.4. The van der Waals surface area contributed by atoms with Gasteiger partial charge in [-0.05, 0) is 25.5 Å². The number of nitrogen functional groups attached to an aromatic ring is 1. The smallest absolute Gasteiger partial charge is 0.347 e. The number of halogens is 1. The lowest BCUT2D eigenvalue weighted by Crippen LogP contribution is -2.29. The summed E-state index contributed by atoms with van der Waals surface area (Å²) in [5.41, 5.74) is 5.72. The van der Waals surface area contributed by atoms with E-state index in [-0.39, 0.29) is 12.4 Å². The second-order valence-corrected chi connectivity index (χ2v) is 3.46. The van der Waals surface area contributed by atoms with Crippen molar-refractivity contribution in [1.82, 2.24) is 0 Å². The molecule has 0 saturated heterocycles. The van der Waals surface area contributed by atoms with Crippen molar-refractivity contribution in [3.05, 3.63) is 24.0 Å². The molecule has 0 heterocycles. The normalized spacial score (nSPS) is 11.9. The van der Waals surface area contributed by atoms with Crippen LogP contribution in [0.3, 0.4) is 0 Å². The van der Waals surface area contributed by atoms with Gasteiger partial charge in [-0.3, -0.25) is 0 Å². The van der Waals surface area contributed by atoms with Crippen LogP contribution >= 0.6 is 0 Å².